The van der Waals surface area contributed by atoms with Crippen molar-refractivity contribution in [1.29, 1.82) is 0 Å². The largest absolute Gasteiger partial charge is 0.480 e. The number of hydrogen-bond acceptors (Lipinski definition) is 3. The minimum atomic E-state index is -1.11. The molecule has 4 aromatic rings. The average Bonchev–Trinajstić information content (AvgIpc) is 3.28. The lowest BCUT2D eigenvalue weighted by Gasteiger charge is -2.29. The second kappa shape index (κ2) is 11.1. The number of aromatic nitrogens is 1. The van der Waals surface area contributed by atoms with E-state index in [9.17, 15) is 19.5 Å². The second-order valence-corrected chi connectivity index (χ2v) is 9.46. The van der Waals surface area contributed by atoms with Gasteiger partial charge in [0.1, 0.15) is 12.1 Å². The molecule has 3 aromatic carbocycles. The highest BCUT2D eigenvalue weighted by Crippen LogP contribution is 2.21. The number of H-pyrrole nitrogens is 1. The second-order valence-electron chi connectivity index (χ2n) is 9.46. The van der Waals surface area contributed by atoms with Gasteiger partial charge in [-0.05, 0) is 43.2 Å². The molecule has 7 heteroatoms. The Bertz CT molecular complexity index is 1410. The van der Waals surface area contributed by atoms with Crippen LogP contribution in [0.5, 0.6) is 0 Å². The van der Waals surface area contributed by atoms with Crippen molar-refractivity contribution in [3.05, 3.63) is 107 Å². The van der Waals surface area contributed by atoms with Gasteiger partial charge in [-0.25, -0.2) is 4.79 Å². The summed E-state index contributed by atoms with van der Waals surface area (Å²) in [6.07, 6.45) is 2.15. The first kappa shape index (κ1) is 25.7. The highest BCUT2D eigenvalue weighted by molar-refractivity contribution is 5.98. The highest BCUT2D eigenvalue weighted by Gasteiger charge is 2.33. The summed E-state index contributed by atoms with van der Waals surface area (Å²) in [4.78, 5) is 43.6. The van der Waals surface area contributed by atoms with Crippen molar-refractivity contribution in [2.45, 2.75) is 38.8 Å². The summed E-state index contributed by atoms with van der Waals surface area (Å²) in [6, 6.07) is 20.5. The number of aliphatic carboxylic acids is 1. The molecule has 0 aliphatic carbocycles. The Morgan fingerprint density at radius 1 is 0.919 bits per heavy atom. The maximum absolute atomic E-state index is 13.7. The number of hydrogen-bond donors (Lipinski definition) is 3. The molecule has 0 spiro atoms. The van der Waals surface area contributed by atoms with Crippen LogP contribution in [0.1, 0.15) is 32.6 Å². The molecule has 0 radical (unpaired) electrons. The molecule has 0 bridgehead atoms. The van der Waals surface area contributed by atoms with E-state index in [1.54, 1.807) is 18.3 Å². The number of carbonyl (C=O) groups excluding carboxylic acids is 2. The number of nitrogens with zero attached hydrogens (tertiary/aromatic N) is 1. The van der Waals surface area contributed by atoms with E-state index in [0.717, 1.165) is 33.2 Å². The zero-order valence-electron chi connectivity index (χ0n) is 21.2. The van der Waals surface area contributed by atoms with Gasteiger partial charge in [-0.1, -0.05) is 65.7 Å². The summed E-state index contributed by atoms with van der Waals surface area (Å²) in [5.41, 5.74) is 4.91. The van der Waals surface area contributed by atoms with Crippen LogP contribution in [-0.4, -0.2) is 51.9 Å². The summed E-state index contributed by atoms with van der Waals surface area (Å²) in [7, 11) is 1.48. The topological polar surface area (TPSA) is 103 Å². The van der Waals surface area contributed by atoms with Gasteiger partial charge in [0, 0.05) is 42.6 Å². The molecule has 1 aromatic heterocycles. The summed E-state index contributed by atoms with van der Waals surface area (Å²) in [5, 5.41) is 13.8. The summed E-state index contributed by atoms with van der Waals surface area (Å²) >= 11 is 0. The Morgan fingerprint density at radius 3 is 2.24 bits per heavy atom. The molecule has 1 heterocycles. The van der Waals surface area contributed by atoms with Crippen molar-refractivity contribution in [2.24, 2.45) is 0 Å². The Hall–Kier alpha value is -4.39. The van der Waals surface area contributed by atoms with Crippen LogP contribution in [0.15, 0.2) is 79.0 Å². The standard InChI is InChI=1S/C30H31N3O4/c1-19-13-20(2)15-22(14-19)28(34)32-26(16-21-9-5-4-6-10-21)29(35)33(3)27(30(36)37)17-23-18-31-25-12-8-7-11-24(23)25/h4-15,18,26-27,31H,16-17H2,1-3H3,(H,32,34)(H,36,37)/t26-,27-/m0/s1. The Morgan fingerprint density at radius 2 is 1.57 bits per heavy atom. The van der Waals surface area contributed by atoms with E-state index >= 15 is 0 Å². The molecule has 0 aliphatic rings. The van der Waals surface area contributed by atoms with Crippen LogP contribution in [0.2, 0.25) is 0 Å². The van der Waals surface area contributed by atoms with Gasteiger partial charge in [0.2, 0.25) is 5.91 Å². The number of para-hydroxylation sites is 1. The molecule has 0 unspecified atom stereocenters. The third-order valence-corrected chi connectivity index (χ3v) is 6.56. The third-order valence-electron chi connectivity index (χ3n) is 6.56. The van der Waals surface area contributed by atoms with Gasteiger partial charge >= 0.3 is 5.97 Å². The van der Waals surface area contributed by atoms with Crippen LogP contribution in [-0.2, 0) is 22.4 Å². The van der Waals surface area contributed by atoms with Gasteiger partial charge in [-0.2, -0.15) is 0 Å². The number of likely N-dealkylation sites (N-methyl/N-ethyl adjacent to an activating group) is 1. The molecule has 2 amide bonds. The lowest BCUT2D eigenvalue weighted by Crippen LogP contribution is -2.53. The molecule has 0 saturated heterocycles. The number of aromatic amines is 1. The van der Waals surface area contributed by atoms with E-state index in [4.69, 9.17) is 0 Å². The summed E-state index contributed by atoms with van der Waals surface area (Å²) < 4.78 is 0. The predicted octanol–water partition coefficient (Wildman–Crippen LogP) is 4.28. The third kappa shape index (κ3) is 6.06. The van der Waals surface area contributed by atoms with Crippen molar-refractivity contribution in [3.8, 4) is 0 Å². The van der Waals surface area contributed by atoms with Crippen molar-refractivity contribution in [1.82, 2.24) is 15.2 Å². The van der Waals surface area contributed by atoms with E-state index in [2.05, 4.69) is 10.3 Å². The fraction of sp³-hybridized carbons (Fsp3) is 0.233. The van der Waals surface area contributed by atoms with Crippen molar-refractivity contribution < 1.29 is 19.5 Å². The van der Waals surface area contributed by atoms with Crippen molar-refractivity contribution >= 4 is 28.7 Å². The molecule has 190 valence electrons. The average molecular weight is 498 g/mol. The van der Waals surface area contributed by atoms with Gasteiger partial charge < -0.3 is 20.3 Å². The van der Waals surface area contributed by atoms with E-state index in [0.29, 0.717) is 5.56 Å². The number of benzene rings is 3. The number of carboxylic acids is 1. The number of carboxylic acid groups (broad SMARTS) is 1. The Kier molecular flexibility index (Phi) is 7.72. The van der Waals surface area contributed by atoms with Crippen molar-refractivity contribution in [3.63, 3.8) is 0 Å². The number of fused-ring (bicyclic) bond motifs is 1. The molecule has 0 saturated carbocycles. The molecule has 3 N–H and O–H groups in total. The maximum atomic E-state index is 13.7. The maximum Gasteiger partial charge on any atom is 0.326 e. The number of carbonyl (C=O) groups is 3. The van der Waals surface area contributed by atoms with Crippen LogP contribution < -0.4 is 5.32 Å². The first-order chi connectivity index (χ1) is 17.7. The van der Waals surface area contributed by atoms with E-state index in [1.165, 1.54) is 11.9 Å². The molecule has 37 heavy (non-hydrogen) atoms. The minimum Gasteiger partial charge on any atom is -0.480 e. The highest BCUT2D eigenvalue weighted by atomic mass is 16.4. The lowest BCUT2D eigenvalue weighted by atomic mass is 10.0. The van der Waals surface area contributed by atoms with Gasteiger partial charge in [0.05, 0.1) is 0 Å². The summed E-state index contributed by atoms with van der Waals surface area (Å²) in [6.45, 7) is 3.82. The quantitative estimate of drug-likeness (QED) is 0.321. The molecule has 0 aliphatic heterocycles. The van der Waals surface area contributed by atoms with Crippen molar-refractivity contribution in [2.75, 3.05) is 7.05 Å². The van der Waals surface area contributed by atoms with Crippen LogP contribution in [0, 0.1) is 13.8 Å². The smallest absolute Gasteiger partial charge is 0.326 e. The predicted molar refractivity (Wildman–Crippen MR) is 144 cm³/mol. The molecule has 7 nitrogen and oxygen atoms in total. The van der Waals surface area contributed by atoms with Crippen LogP contribution in [0.4, 0.5) is 0 Å². The van der Waals surface area contributed by atoms with E-state index < -0.39 is 24.0 Å². The van der Waals surface area contributed by atoms with E-state index in [1.807, 2.05) is 74.5 Å². The zero-order chi connectivity index (χ0) is 26.5. The monoisotopic (exact) mass is 497 g/mol. The SMILES string of the molecule is Cc1cc(C)cc(C(=O)N[C@@H](Cc2ccccc2)C(=O)N(C)[C@@H](Cc2c[nH]c3ccccc23)C(=O)O)c1. The van der Waals surface area contributed by atoms with Gasteiger partial charge in [-0.15, -0.1) is 0 Å². The van der Waals surface area contributed by atoms with Crippen LogP contribution in [0.25, 0.3) is 10.9 Å². The zero-order valence-corrected chi connectivity index (χ0v) is 21.2. The molecular formula is C30H31N3O4. The molecule has 2 atom stereocenters. The normalized spacial score (nSPS) is 12.6. The summed E-state index contributed by atoms with van der Waals surface area (Å²) in [5.74, 6) is -1.95. The van der Waals surface area contributed by atoms with E-state index in [-0.39, 0.29) is 18.7 Å². The molecular weight excluding hydrogens is 466 g/mol. The first-order valence-corrected chi connectivity index (χ1v) is 12.2. The fourth-order valence-electron chi connectivity index (χ4n) is 4.70. The number of aryl methyl sites for hydroxylation is 2. The van der Waals surface area contributed by atoms with Gasteiger partial charge in [0.25, 0.3) is 5.91 Å². The first-order valence-electron chi connectivity index (χ1n) is 12.2. The number of amides is 2. The molecule has 4 rings (SSSR count). The number of rotatable bonds is 9. The Balaban J connectivity index is 1.60. The van der Waals surface area contributed by atoms with Gasteiger partial charge in [-0.3, -0.25) is 9.59 Å². The van der Waals surface area contributed by atoms with Crippen LogP contribution >= 0.6 is 0 Å². The lowest BCUT2D eigenvalue weighted by molar-refractivity contribution is -0.149. The number of nitrogens with one attached hydrogen (secondary N) is 2. The van der Waals surface area contributed by atoms with Crippen LogP contribution in [0.3, 0.4) is 0 Å². The minimum absolute atomic E-state index is 0.130. The molecule has 0 fully saturated rings. The Labute approximate surface area is 216 Å². The fourth-order valence-corrected chi connectivity index (χ4v) is 4.70. The van der Waals surface area contributed by atoms with Gasteiger partial charge in [0.15, 0.2) is 0 Å².